The van der Waals surface area contributed by atoms with Crippen LogP contribution in [0.3, 0.4) is 0 Å². The first-order valence-corrected chi connectivity index (χ1v) is 10.9. The van der Waals surface area contributed by atoms with Crippen molar-refractivity contribution >= 4 is 29.1 Å². The van der Waals surface area contributed by atoms with Gasteiger partial charge in [0.2, 0.25) is 5.91 Å². The van der Waals surface area contributed by atoms with Crippen molar-refractivity contribution in [2.45, 2.75) is 25.8 Å². The Hall–Kier alpha value is -2.90. The van der Waals surface area contributed by atoms with E-state index in [1.54, 1.807) is 27.2 Å². The predicted molar refractivity (Wildman–Crippen MR) is 124 cm³/mol. The number of methoxy groups -OCH3 is 2. The monoisotopic (exact) mass is 457 g/mol. The molecular weight excluding hydrogens is 430 g/mol. The second kappa shape index (κ2) is 11.1. The molecule has 1 heterocycles. The molecule has 0 spiro atoms. The molecule has 0 radical (unpaired) electrons. The smallest absolute Gasteiger partial charge is 0.262 e. The van der Waals surface area contributed by atoms with Crippen molar-refractivity contribution in [2.24, 2.45) is 5.10 Å². The van der Waals surface area contributed by atoms with E-state index in [0.29, 0.717) is 31.0 Å². The third-order valence-corrected chi connectivity index (χ3v) is 5.73. The highest BCUT2D eigenvalue weighted by Gasteiger charge is 2.34. The lowest BCUT2D eigenvalue weighted by Crippen LogP contribution is -2.42. The summed E-state index contributed by atoms with van der Waals surface area (Å²) in [4.78, 5) is 27.2. The molecule has 2 amide bonds. The highest BCUT2D eigenvalue weighted by atomic mass is 35.5. The number of carbonyl (C=O) groups is 2. The average Bonchev–Trinajstić information content (AvgIpc) is 3.26. The molecule has 1 unspecified atom stereocenters. The number of hydrogen-bond acceptors (Lipinski definition) is 5. The molecule has 0 fully saturated rings. The molecule has 0 aromatic heterocycles. The Bertz CT molecular complexity index is 977. The lowest BCUT2D eigenvalue weighted by atomic mass is 9.98. The van der Waals surface area contributed by atoms with E-state index in [0.717, 1.165) is 22.6 Å². The Kier molecular flexibility index (Phi) is 8.25. The highest BCUT2D eigenvalue weighted by molar-refractivity contribution is 6.34. The molecule has 32 heavy (non-hydrogen) atoms. The van der Waals surface area contributed by atoms with Crippen LogP contribution < -0.4 is 4.74 Å². The molecule has 2 aromatic carbocycles. The van der Waals surface area contributed by atoms with E-state index < -0.39 is 0 Å². The number of amides is 2. The quantitative estimate of drug-likeness (QED) is 0.572. The molecule has 8 heteroatoms. The number of halogens is 1. The SMILES string of the molecule is CCC(=O)N(CCOC)CC(=O)N1N=C(c2ccccc2Cl)CC1c1ccc(OC)cc1. The van der Waals surface area contributed by atoms with Crippen LogP contribution in [0.2, 0.25) is 5.02 Å². The first-order valence-electron chi connectivity index (χ1n) is 10.5. The second-order valence-electron chi connectivity index (χ2n) is 7.42. The molecular formula is C24H28ClN3O4. The summed E-state index contributed by atoms with van der Waals surface area (Å²) in [5.41, 5.74) is 2.45. The van der Waals surface area contributed by atoms with Crippen LogP contribution in [0.5, 0.6) is 5.75 Å². The van der Waals surface area contributed by atoms with E-state index >= 15 is 0 Å². The first-order chi connectivity index (χ1) is 15.5. The topological polar surface area (TPSA) is 71.4 Å². The number of carbonyl (C=O) groups excluding carboxylic acids is 2. The maximum absolute atomic E-state index is 13.3. The molecule has 1 aliphatic rings. The van der Waals surface area contributed by atoms with Crippen LogP contribution in [0, 0.1) is 0 Å². The number of benzene rings is 2. The van der Waals surface area contributed by atoms with Gasteiger partial charge in [0.05, 0.1) is 25.5 Å². The largest absolute Gasteiger partial charge is 0.497 e. The van der Waals surface area contributed by atoms with Crippen LogP contribution in [-0.4, -0.2) is 61.4 Å². The summed E-state index contributed by atoms with van der Waals surface area (Å²) in [5.74, 6) is 0.368. The lowest BCUT2D eigenvalue weighted by Gasteiger charge is -2.26. The summed E-state index contributed by atoms with van der Waals surface area (Å²) in [6.07, 6.45) is 0.828. The lowest BCUT2D eigenvalue weighted by molar-refractivity contribution is -0.141. The summed E-state index contributed by atoms with van der Waals surface area (Å²) in [6.45, 7) is 2.41. The van der Waals surface area contributed by atoms with E-state index in [2.05, 4.69) is 5.10 Å². The summed E-state index contributed by atoms with van der Waals surface area (Å²) >= 11 is 6.40. The van der Waals surface area contributed by atoms with Gasteiger partial charge in [-0.2, -0.15) is 5.10 Å². The van der Waals surface area contributed by atoms with Crippen LogP contribution in [0.15, 0.2) is 53.6 Å². The zero-order valence-corrected chi connectivity index (χ0v) is 19.3. The van der Waals surface area contributed by atoms with Gasteiger partial charge < -0.3 is 14.4 Å². The zero-order chi connectivity index (χ0) is 23.1. The van der Waals surface area contributed by atoms with E-state index in [9.17, 15) is 9.59 Å². The van der Waals surface area contributed by atoms with Crippen LogP contribution in [0.4, 0.5) is 0 Å². The standard InChI is InChI=1S/C24H28ClN3O4/c1-4-23(29)27(13-14-31-2)16-24(30)28-22(17-9-11-18(32-3)12-10-17)15-21(26-28)19-7-5-6-8-20(19)25/h5-12,22H,4,13-16H2,1-3H3. The molecule has 0 bridgehead atoms. The van der Waals surface area contributed by atoms with Crippen LogP contribution >= 0.6 is 11.6 Å². The van der Waals surface area contributed by atoms with Crippen molar-refractivity contribution in [1.29, 1.82) is 0 Å². The van der Waals surface area contributed by atoms with E-state index in [1.807, 2.05) is 42.5 Å². The summed E-state index contributed by atoms with van der Waals surface area (Å²) in [5, 5.41) is 6.71. The van der Waals surface area contributed by atoms with E-state index in [-0.39, 0.29) is 24.4 Å². The summed E-state index contributed by atoms with van der Waals surface area (Å²) in [6, 6.07) is 14.7. The van der Waals surface area contributed by atoms with Gasteiger partial charge in [-0.1, -0.05) is 48.9 Å². The summed E-state index contributed by atoms with van der Waals surface area (Å²) in [7, 11) is 3.18. The minimum absolute atomic E-state index is 0.0675. The molecule has 0 N–H and O–H groups in total. The van der Waals surface area contributed by atoms with Crippen molar-refractivity contribution in [3.05, 3.63) is 64.7 Å². The molecule has 1 aliphatic heterocycles. The number of nitrogens with zero attached hydrogens (tertiary/aromatic N) is 3. The first kappa shape index (κ1) is 23.8. The highest BCUT2D eigenvalue weighted by Crippen LogP contribution is 2.35. The van der Waals surface area contributed by atoms with Gasteiger partial charge in [0.1, 0.15) is 12.3 Å². The van der Waals surface area contributed by atoms with Gasteiger partial charge in [-0.25, -0.2) is 5.01 Å². The second-order valence-corrected chi connectivity index (χ2v) is 7.83. The minimum atomic E-state index is -0.305. The minimum Gasteiger partial charge on any atom is -0.497 e. The molecule has 3 rings (SSSR count). The fourth-order valence-corrected chi connectivity index (χ4v) is 3.88. The van der Waals surface area contributed by atoms with Crippen molar-refractivity contribution in [3.8, 4) is 5.75 Å². The number of rotatable bonds is 9. The Morgan fingerprint density at radius 2 is 1.88 bits per heavy atom. The van der Waals surface area contributed by atoms with Gasteiger partial charge in [0.15, 0.2) is 0 Å². The molecule has 1 atom stereocenters. The number of hydrogen-bond donors (Lipinski definition) is 0. The van der Waals surface area contributed by atoms with Crippen molar-refractivity contribution in [3.63, 3.8) is 0 Å². The Morgan fingerprint density at radius 1 is 1.16 bits per heavy atom. The molecule has 0 saturated carbocycles. The molecule has 0 saturated heterocycles. The van der Waals surface area contributed by atoms with Crippen molar-refractivity contribution in [1.82, 2.24) is 9.91 Å². The maximum atomic E-state index is 13.3. The normalized spacial score (nSPS) is 15.4. The summed E-state index contributed by atoms with van der Waals surface area (Å²) < 4.78 is 10.4. The maximum Gasteiger partial charge on any atom is 0.262 e. The predicted octanol–water partition coefficient (Wildman–Crippen LogP) is 3.91. The van der Waals surface area contributed by atoms with Gasteiger partial charge in [0, 0.05) is 37.1 Å². The van der Waals surface area contributed by atoms with E-state index in [4.69, 9.17) is 21.1 Å². The van der Waals surface area contributed by atoms with Gasteiger partial charge in [-0.15, -0.1) is 0 Å². The molecule has 2 aromatic rings. The van der Waals surface area contributed by atoms with E-state index in [1.165, 1.54) is 9.91 Å². The van der Waals surface area contributed by atoms with Crippen molar-refractivity contribution in [2.75, 3.05) is 33.9 Å². The molecule has 0 aliphatic carbocycles. The van der Waals surface area contributed by atoms with Crippen LogP contribution in [0.1, 0.15) is 36.9 Å². The van der Waals surface area contributed by atoms with Gasteiger partial charge in [0.25, 0.3) is 5.91 Å². The zero-order valence-electron chi connectivity index (χ0n) is 18.6. The Labute approximate surface area is 193 Å². The van der Waals surface area contributed by atoms with Crippen LogP contribution in [-0.2, 0) is 14.3 Å². The molecule has 7 nitrogen and oxygen atoms in total. The third-order valence-electron chi connectivity index (χ3n) is 5.40. The molecule has 170 valence electrons. The Balaban J connectivity index is 1.91. The van der Waals surface area contributed by atoms with Crippen molar-refractivity contribution < 1.29 is 19.1 Å². The third kappa shape index (κ3) is 5.47. The number of ether oxygens (including phenoxy) is 2. The van der Waals surface area contributed by atoms with Gasteiger partial charge in [-0.3, -0.25) is 9.59 Å². The average molecular weight is 458 g/mol. The fourth-order valence-electron chi connectivity index (χ4n) is 3.64. The fraction of sp³-hybridized carbons (Fsp3) is 0.375. The van der Waals surface area contributed by atoms with Gasteiger partial charge in [-0.05, 0) is 23.8 Å². The number of hydrazone groups is 1. The van der Waals surface area contributed by atoms with Gasteiger partial charge >= 0.3 is 0 Å². The van der Waals surface area contributed by atoms with Crippen LogP contribution in [0.25, 0.3) is 0 Å². The Morgan fingerprint density at radius 3 is 2.50 bits per heavy atom.